The second-order valence-corrected chi connectivity index (χ2v) is 5.68. The molecule has 0 spiro atoms. The smallest absolute Gasteiger partial charge is 0.310 e. The van der Waals surface area contributed by atoms with Crippen molar-refractivity contribution in [2.75, 3.05) is 4.90 Å². The van der Waals surface area contributed by atoms with Crippen LogP contribution in [0.25, 0.3) is 4.98 Å². The fourth-order valence-corrected chi connectivity index (χ4v) is 2.55. The van der Waals surface area contributed by atoms with Crippen LogP contribution in [0.1, 0.15) is 0 Å². The van der Waals surface area contributed by atoms with Gasteiger partial charge in [0.05, 0.1) is 0 Å². The number of benzene rings is 3. The average molecular weight is 351 g/mol. The lowest BCUT2D eigenvalue weighted by atomic mass is 10.2. The molecular weight excluding hydrogens is 338 g/mol. The molecule has 0 heterocycles. The fraction of sp³-hybridized carbons (Fsp3) is 0. The summed E-state index contributed by atoms with van der Waals surface area (Å²) in [5, 5.41) is 8.84. The van der Waals surface area contributed by atoms with E-state index >= 15 is 0 Å². The molecule has 106 valence electrons. The van der Waals surface area contributed by atoms with Crippen molar-refractivity contribution in [1.29, 1.82) is 5.39 Å². The van der Waals surface area contributed by atoms with Gasteiger partial charge in [-0.3, -0.25) is 0 Å². The molecule has 0 bridgehead atoms. The van der Waals surface area contributed by atoms with Crippen LogP contribution in [0, 0.1) is 5.39 Å². The Kier molecular flexibility index (Phi) is 4.17. The van der Waals surface area contributed by atoms with Crippen LogP contribution in [-0.2, 0) is 0 Å². The van der Waals surface area contributed by atoms with Crippen LogP contribution in [0.15, 0.2) is 83.3 Å². The lowest BCUT2D eigenvalue weighted by Crippen LogP contribution is -2.09. The molecule has 3 rings (SSSR count). The molecule has 0 saturated heterocycles. The van der Waals surface area contributed by atoms with E-state index in [1.54, 1.807) is 12.1 Å². The lowest BCUT2D eigenvalue weighted by Gasteiger charge is -2.25. The summed E-state index contributed by atoms with van der Waals surface area (Å²) in [6.07, 6.45) is 0. The van der Waals surface area contributed by atoms with Crippen LogP contribution in [0.2, 0.25) is 0 Å². The van der Waals surface area contributed by atoms with Gasteiger partial charge < -0.3 is 4.90 Å². The highest BCUT2D eigenvalue weighted by atomic mass is 79.9. The number of hydrogen-bond donors (Lipinski definition) is 0. The van der Waals surface area contributed by atoms with E-state index in [-0.39, 0.29) is 0 Å². The second-order valence-electron chi connectivity index (χ2n) is 4.76. The molecule has 0 N–H and O–H groups in total. The summed E-state index contributed by atoms with van der Waals surface area (Å²) >= 11 is 3.47. The zero-order chi connectivity index (χ0) is 15.4. The van der Waals surface area contributed by atoms with E-state index in [4.69, 9.17) is 5.39 Å². The van der Waals surface area contributed by atoms with E-state index < -0.39 is 0 Å². The molecule has 3 aromatic carbocycles. The standard InChI is InChI=1S/C18H13BrN3/c19-14-6-10-17(11-7-14)22(16-4-2-1-3-5-16)18-12-8-15(21-20)9-13-18/h1-13H/q+1. The van der Waals surface area contributed by atoms with Crippen LogP contribution in [0.5, 0.6) is 0 Å². The van der Waals surface area contributed by atoms with E-state index in [1.807, 2.05) is 42.5 Å². The van der Waals surface area contributed by atoms with Crippen molar-refractivity contribution < 1.29 is 0 Å². The minimum absolute atomic E-state index is 0.535. The molecule has 0 aliphatic rings. The SMILES string of the molecule is N#[N+]c1ccc(N(c2ccccc2)c2ccc(Br)cc2)cc1. The quantitative estimate of drug-likeness (QED) is 0.511. The van der Waals surface area contributed by atoms with Gasteiger partial charge in [-0.2, -0.15) is 0 Å². The molecular formula is C18H13BrN3+. The molecule has 0 atom stereocenters. The van der Waals surface area contributed by atoms with Gasteiger partial charge in [-0.05, 0) is 48.5 Å². The van der Waals surface area contributed by atoms with Crippen molar-refractivity contribution in [3.63, 3.8) is 0 Å². The van der Waals surface area contributed by atoms with Gasteiger partial charge in [0, 0.05) is 33.7 Å². The van der Waals surface area contributed by atoms with Gasteiger partial charge in [0.15, 0.2) is 4.98 Å². The first-order chi connectivity index (χ1) is 10.8. The van der Waals surface area contributed by atoms with Crippen molar-refractivity contribution in [3.05, 3.63) is 88.3 Å². The van der Waals surface area contributed by atoms with Crippen LogP contribution < -0.4 is 4.90 Å². The first-order valence-electron chi connectivity index (χ1n) is 6.84. The molecule has 0 amide bonds. The molecule has 0 aromatic heterocycles. The van der Waals surface area contributed by atoms with Crippen molar-refractivity contribution in [3.8, 4) is 0 Å². The Morgan fingerprint density at radius 1 is 0.682 bits per heavy atom. The third-order valence-corrected chi connectivity index (χ3v) is 3.85. The minimum atomic E-state index is 0.535. The van der Waals surface area contributed by atoms with Crippen molar-refractivity contribution >= 4 is 38.7 Å². The maximum Gasteiger partial charge on any atom is 0.385 e. The number of diazo groups is 1. The van der Waals surface area contributed by atoms with Crippen LogP contribution in [-0.4, -0.2) is 0 Å². The van der Waals surface area contributed by atoms with Gasteiger partial charge in [-0.15, -0.1) is 0 Å². The Hall–Kier alpha value is -2.64. The molecule has 4 heteroatoms. The fourth-order valence-electron chi connectivity index (χ4n) is 2.28. The predicted molar refractivity (Wildman–Crippen MR) is 93.6 cm³/mol. The molecule has 3 aromatic rings. The summed E-state index contributed by atoms with van der Waals surface area (Å²) in [5.41, 5.74) is 3.66. The van der Waals surface area contributed by atoms with Crippen molar-refractivity contribution in [1.82, 2.24) is 0 Å². The zero-order valence-corrected chi connectivity index (χ0v) is 13.3. The number of hydrogen-bond acceptors (Lipinski definition) is 2. The largest absolute Gasteiger partial charge is 0.385 e. The van der Waals surface area contributed by atoms with E-state index in [1.165, 1.54) is 0 Å². The Morgan fingerprint density at radius 3 is 1.73 bits per heavy atom. The maximum absolute atomic E-state index is 8.84. The molecule has 0 saturated carbocycles. The lowest BCUT2D eigenvalue weighted by molar-refractivity contribution is 1.28. The third-order valence-electron chi connectivity index (χ3n) is 3.32. The minimum Gasteiger partial charge on any atom is -0.310 e. The highest BCUT2D eigenvalue weighted by Gasteiger charge is 2.13. The Labute approximate surface area is 137 Å². The average Bonchev–Trinajstić information content (AvgIpc) is 2.58. The van der Waals surface area contributed by atoms with Gasteiger partial charge in [-0.25, -0.2) is 0 Å². The normalized spacial score (nSPS) is 10.0. The van der Waals surface area contributed by atoms with Crippen LogP contribution >= 0.6 is 15.9 Å². The Morgan fingerprint density at radius 2 is 1.18 bits per heavy atom. The highest BCUT2D eigenvalue weighted by Crippen LogP contribution is 2.35. The predicted octanol–water partition coefficient (Wildman–Crippen LogP) is 6.40. The molecule has 0 unspecified atom stereocenters. The second kappa shape index (κ2) is 6.42. The van der Waals surface area contributed by atoms with Crippen molar-refractivity contribution in [2.24, 2.45) is 0 Å². The van der Waals surface area contributed by atoms with Gasteiger partial charge in [-0.1, -0.05) is 34.1 Å². The van der Waals surface area contributed by atoms with Gasteiger partial charge in [0.1, 0.15) is 0 Å². The summed E-state index contributed by atoms with van der Waals surface area (Å²) in [5.74, 6) is 0. The molecule has 22 heavy (non-hydrogen) atoms. The summed E-state index contributed by atoms with van der Waals surface area (Å²) in [6.45, 7) is 0. The summed E-state index contributed by atoms with van der Waals surface area (Å²) < 4.78 is 1.04. The summed E-state index contributed by atoms with van der Waals surface area (Å²) in [6, 6.07) is 25.7. The summed E-state index contributed by atoms with van der Waals surface area (Å²) in [7, 11) is 0. The number of nitrogens with zero attached hydrogens (tertiary/aromatic N) is 3. The van der Waals surface area contributed by atoms with Crippen molar-refractivity contribution in [2.45, 2.75) is 0 Å². The molecule has 0 radical (unpaired) electrons. The number of anilines is 3. The first kappa shape index (κ1) is 14.3. The zero-order valence-electron chi connectivity index (χ0n) is 11.7. The molecule has 0 aliphatic carbocycles. The van der Waals surface area contributed by atoms with Gasteiger partial charge in [0.2, 0.25) is 5.39 Å². The maximum atomic E-state index is 8.84. The molecule has 0 aliphatic heterocycles. The van der Waals surface area contributed by atoms with E-state index in [0.29, 0.717) is 5.69 Å². The number of halogens is 1. The molecule has 3 nitrogen and oxygen atoms in total. The number of para-hydroxylation sites is 1. The molecule has 0 fully saturated rings. The topological polar surface area (TPSA) is 31.4 Å². The Balaban J connectivity index is 2.10. The van der Waals surface area contributed by atoms with Gasteiger partial charge in [0.25, 0.3) is 0 Å². The first-order valence-corrected chi connectivity index (χ1v) is 7.63. The number of rotatable bonds is 3. The van der Waals surface area contributed by atoms with Gasteiger partial charge >= 0.3 is 5.69 Å². The van der Waals surface area contributed by atoms with Crippen LogP contribution in [0.3, 0.4) is 0 Å². The third kappa shape index (κ3) is 3.00. The highest BCUT2D eigenvalue weighted by molar-refractivity contribution is 9.10. The monoisotopic (exact) mass is 350 g/mol. The summed E-state index contributed by atoms with van der Waals surface area (Å²) in [4.78, 5) is 5.35. The van der Waals surface area contributed by atoms with Crippen LogP contribution in [0.4, 0.5) is 22.7 Å². The Bertz CT molecular complexity index is 790. The van der Waals surface area contributed by atoms with E-state index in [2.05, 4.69) is 50.1 Å². The van der Waals surface area contributed by atoms with E-state index in [9.17, 15) is 0 Å². The van der Waals surface area contributed by atoms with E-state index in [0.717, 1.165) is 21.5 Å².